The second-order valence-electron chi connectivity index (χ2n) is 5.23. The van der Waals surface area contributed by atoms with Crippen LogP contribution >= 0.6 is 0 Å². The van der Waals surface area contributed by atoms with Gasteiger partial charge in [0, 0.05) is 19.5 Å². The molecule has 1 aliphatic carbocycles. The summed E-state index contributed by atoms with van der Waals surface area (Å²) in [6, 6.07) is -0.260. The minimum absolute atomic E-state index is 0.150. The van der Waals surface area contributed by atoms with Gasteiger partial charge in [-0.25, -0.2) is 8.42 Å². The van der Waals surface area contributed by atoms with E-state index in [4.69, 9.17) is 15.2 Å². The molecule has 0 amide bonds. The quantitative estimate of drug-likeness (QED) is 0.716. The first-order valence-electron chi connectivity index (χ1n) is 7.07. The molecule has 0 aromatic carbocycles. The lowest BCUT2D eigenvalue weighted by atomic mass is 9.83. The third-order valence-corrected chi connectivity index (χ3v) is 5.43. The Bertz CT molecular complexity index is 352. The molecule has 0 aliphatic heterocycles. The smallest absolute Gasteiger partial charge is 0.172 e. The minimum atomic E-state index is -2.98. The molecule has 0 radical (unpaired) electrons. The fourth-order valence-corrected chi connectivity index (χ4v) is 3.93. The van der Waals surface area contributed by atoms with Crippen molar-refractivity contribution in [1.82, 2.24) is 0 Å². The van der Waals surface area contributed by atoms with Crippen LogP contribution < -0.4 is 5.73 Å². The Labute approximate surface area is 116 Å². The molecule has 19 heavy (non-hydrogen) atoms. The van der Waals surface area contributed by atoms with Gasteiger partial charge in [0.25, 0.3) is 0 Å². The summed E-state index contributed by atoms with van der Waals surface area (Å²) in [5.41, 5.74) is 6.23. The molecule has 1 fully saturated rings. The highest BCUT2D eigenvalue weighted by molar-refractivity contribution is 7.91. The zero-order chi connectivity index (χ0) is 14.5. The topological polar surface area (TPSA) is 78.6 Å². The van der Waals surface area contributed by atoms with E-state index in [1.54, 1.807) is 0 Å². The van der Waals surface area contributed by atoms with Crippen LogP contribution in [0.5, 0.6) is 0 Å². The third-order valence-electron chi connectivity index (χ3n) is 3.79. The van der Waals surface area contributed by atoms with E-state index in [1.807, 2.05) is 13.8 Å². The predicted molar refractivity (Wildman–Crippen MR) is 75.6 cm³/mol. The highest BCUT2D eigenvalue weighted by Gasteiger charge is 2.35. The summed E-state index contributed by atoms with van der Waals surface area (Å²) in [6.07, 6.45) is 4.10. The van der Waals surface area contributed by atoms with Gasteiger partial charge in [0.2, 0.25) is 0 Å². The molecule has 0 spiro atoms. The van der Waals surface area contributed by atoms with Crippen LogP contribution in [0.25, 0.3) is 0 Å². The van der Waals surface area contributed by atoms with Gasteiger partial charge in [-0.2, -0.15) is 0 Å². The Morgan fingerprint density at radius 2 is 1.79 bits per heavy atom. The van der Waals surface area contributed by atoms with E-state index in [-0.39, 0.29) is 17.2 Å². The molecule has 0 heterocycles. The van der Waals surface area contributed by atoms with E-state index in [1.165, 1.54) is 6.26 Å². The van der Waals surface area contributed by atoms with Crippen LogP contribution in [0.1, 0.15) is 39.5 Å². The van der Waals surface area contributed by atoms with Gasteiger partial charge in [-0.1, -0.05) is 6.42 Å². The van der Waals surface area contributed by atoms with Crippen LogP contribution in [0.3, 0.4) is 0 Å². The number of hydrogen-bond donors (Lipinski definition) is 1. The summed E-state index contributed by atoms with van der Waals surface area (Å²) in [5.74, 6) is 0.150. The molecule has 0 aromatic rings. The second kappa shape index (κ2) is 7.57. The van der Waals surface area contributed by atoms with Crippen molar-refractivity contribution < 1.29 is 17.9 Å². The number of hydrogen-bond acceptors (Lipinski definition) is 5. The van der Waals surface area contributed by atoms with Gasteiger partial charge in [-0.05, 0) is 39.0 Å². The zero-order valence-corrected chi connectivity index (χ0v) is 13.0. The van der Waals surface area contributed by atoms with E-state index >= 15 is 0 Å². The Kier molecular flexibility index (Phi) is 6.73. The van der Waals surface area contributed by atoms with Crippen LogP contribution in [-0.2, 0) is 19.3 Å². The van der Waals surface area contributed by atoms with Crippen LogP contribution in [-0.4, -0.2) is 45.5 Å². The Hall–Kier alpha value is -0.170. The molecule has 114 valence electrons. The van der Waals surface area contributed by atoms with Crippen molar-refractivity contribution in [3.05, 3.63) is 0 Å². The van der Waals surface area contributed by atoms with E-state index in [9.17, 15) is 8.42 Å². The first-order chi connectivity index (χ1) is 8.90. The van der Waals surface area contributed by atoms with Gasteiger partial charge in [-0.15, -0.1) is 0 Å². The molecule has 0 saturated heterocycles. The summed E-state index contributed by atoms with van der Waals surface area (Å²) in [5, 5.41) is -0.263. The number of nitrogens with two attached hydrogens (primary N) is 1. The number of rotatable bonds is 7. The van der Waals surface area contributed by atoms with Gasteiger partial charge >= 0.3 is 0 Å². The normalized spacial score (nSPS) is 26.6. The summed E-state index contributed by atoms with van der Waals surface area (Å²) in [6.45, 7) is 4.89. The van der Waals surface area contributed by atoms with E-state index in [2.05, 4.69) is 0 Å². The third kappa shape index (κ3) is 5.02. The predicted octanol–water partition coefficient (Wildman–Crippen LogP) is 1.32. The number of ether oxygens (including phenoxy) is 2. The SMILES string of the molecule is CCOC(OCC)C(N)C1CCCC(S(C)(=O)=O)C1. The maximum Gasteiger partial charge on any atom is 0.172 e. The maximum atomic E-state index is 11.7. The lowest BCUT2D eigenvalue weighted by Gasteiger charge is -2.35. The molecule has 0 bridgehead atoms. The van der Waals surface area contributed by atoms with Crippen molar-refractivity contribution in [2.45, 2.75) is 57.1 Å². The largest absolute Gasteiger partial charge is 0.351 e. The summed E-state index contributed by atoms with van der Waals surface area (Å²) in [4.78, 5) is 0. The fourth-order valence-electron chi connectivity index (χ4n) is 2.74. The molecule has 1 rings (SSSR count). The van der Waals surface area contributed by atoms with E-state index < -0.39 is 16.1 Å². The number of sulfone groups is 1. The van der Waals surface area contributed by atoms with Crippen LogP contribution in [0, 0.1) is 5.92 Å². The van der Waals surface area contributed by atoms with Crippen molar-refractivity contribution in [3.8, 4) is 0 Å². The Morgan fingerprint density at radius 1 is 1.21 bits per heavy atom. The van der Waals surface area contributed by atoms with E-state index in [0.717, 1.165) is 19.3 Å². The standard InChI is InChI=1S/C13H27NO4S/c1-4-17-13(18-5-2)12(14)10-7-6-8-11(9-10)19(3,15)16/h10-13H,4-9,14H2,1-3H3. The van der Waals surface area contributed by atoms with Crippen molar-refractivity contribution >= 4 is 9.84 Å². The highest BCUT2D eigenvalue weighted by atomic mass is 32.2. The first kappa shape index (κ1) is 16.9. The molecule has 1 aliphatic rings. The summed E-state index contributed by atoms with van der Waals surface area (Å²) in [7, 11) is -2.98. The molecule has 5 nitrogen and oxygen atoms in total. The van der Waals surface area contributed by atoms with Crippen LogP contribution in [0.15, 0.2) is 0 Å². The van der Waals surface area contributed by atoms with Crippen molar-refractivity contribution in [1.29, 1.82) is 0 Å². The second-order valence-corrected chi connectivity index (χ2v) is 7.56. The monoisotopic (exact) mass is 293 g/mol. The first-order valence-corrected chi connectivity index (χ1v) is 9.03. The van der Waals surface area contributed by atoms with Crippen LogP contribution in [0.2, 0.25) is 0 Å². The summed E-state index contributed by atoms with van der Waals surface area (Å²) >= 11 is 0. The molecule has 2 N–H and O–H groups in total. The molecule has 3 atom stereocenters. The maximum absolute atomic E-state index is 11.7. The van der Waals surface area contributed by atoms with Gasteiger partial charge in [-0.3, -0.25) is 0 Å². The molecule has 1 saturated carbocycles. The highest BCUT2D eigenvalue weighted by Crippen LogP contribution is 2.31. The molecule has 3 unspecified atom stereocenters. The average molecular weight is 293 g/mol. The van der Waals surface area contributed by atoms with Crippen molar-refractivity contribution in [2.24, 2.45) is 11.7 Å². The fraction of sp³-hybridized carbons (Fsp3) is 1.00. The van der Waals surface area contributed by atoms with Gasteiger partial charge < -0.3 is 15.2 Å². The lowest BCUT2D eigenvalue weighted by molar-refractivity contribution is -0.157. The van der Waals surface area contributed by atoms with Gasteiger partial charge in [0.15, 0.2) is 6.29 Å². The Morgan fingerprint density at radius 3 is 2.26 bits per heavy atom. The average Bonchev–Trinajstić information content (AvgIpc) is 2.37. The Balaban J connectivity index is 2.66. The van der Waals surface area contributed by atoms with Gasteiger partial charge in [0.05, 0.1) is 11.3 Å². The lowest BCUT2D eigenvalue weighted by Crippen LogP contribution is -2.47. The minimum Gasteiger partial charge on any atom is -0.351 e. The molecule has 0 aromatic heterocycles. The molecular formula is C13H27NO4S. The molecule has 6 heteroatoms. The molecular weight excluding hydrogens is 266 g/mol. The van der Waals surface area contributed by atoms with E-state index in [0.29, 0.717) is 19.6 Å². The van der Waals surface area contributed by atoms with Crippen LogP contribution in [0.4, 0.5) is 0 Å². The summed E-state index contributed by atoms with van der Waals surface area (Å²) < 4.78 is 34.4. The van der Waals surface area contributed by atoms with Gasteiger partial charge in [0.1, 0.15) is 9.84 Å². The zero-order valence-electron chi connectivity index (χ0n) is 12.2. The van der Waals surface area contributed by atoms with Crippen molar-refractivity contribution in [3.63, 3.8) is 0 Å². The van der Waals surface area contributed by atoms with Crippen molar-refractivity contribution in [2.75, 3.05) is 19.5 Å².